The van der Waals surface area contributed by atoms with Crippen LogP contribution in [0.3, 0.4) is 0 Å². The summed E-state index contributed by atoms with van der Waals surface area (Å²) >= 11 is 0. The number of benzene rings is 1. The van der Waals surface area contributed by atoms with Crippen LogP contribution in [0.5, 0.6) is 0 Å². The molecule has 1 atom stereocenters. The summed E-state index contributed by atoms with van der Waals surface area (Å²) in [5, 5.41) is 18.9. The zero-order valence-corrected chi connectivity index (χ0v) is 9.81. The number of ketones is 1. The van der Waals surface area contributed by atoms with Crippen molar-refractivity contribution >= 4 is 5.78 Å². The second kappa shape index (κ2) is 6.19. The molecule has 0 fully saturated rings. The summed E-state index contributed by atoms with van der Waals surface area (Å²) in [7, 11) is 0. The van der Waals surface area contributed by atoms with Gasteiger partial charge in [0.15, 0.2) is 5.78 Å². The lowest BCUT2D eigenvalue weighted by Crippen LogP contribution is -2.32. The quantitative estimate of drug-likeness (QED) is 0.606. The summed E-state index contributed by atoms with van der Waals surface area (Å²) in [6.07, 6.45) is 0.995. The molecule has 17 heavy (non-hydrogen) atoms. The second-order valence-corrected chi connectivity index (χ2v) is 3.76. The van der Waals surface area contributed by atoms with Crippen molar-refractivity contribution in [1.82, 2.24) is 0 Å². The Morgan fingerprint density at radius 2 is 2.00 bits per heavy atom. The van der Waals surface area contributed by atoms with Gasteiger partial charge in [-0.05, 0) is 13.3 Å². The van der Waals surface area contributed by atoms with Crippen LogP contribution in [0.15, 0.2) is 30.3 Å². The van der Waals surface area contributed by atoms with Crippen LogP contribution in [0.1, 0.15) is 25.3 Å². The molecule has 1 unspecified atom stereocenters. The second-order valence-electron chi connectivity index (χ2n) is 3.76. The van der Waals surface area contributed by atoms with E-state index in [4.69, 9.17) is 5.11 Å². The summed E-state index contributed by atoms with van der Waals surface area (Å²) in [4.78, 5) is 11.5. The van der Waals surface area contributed by atoms with E-state index in [1.54, 1.807) is 24.3 Å². The molecule has 2 N–H and O–H groups in total. The molecule has 0 aliphatic heterocycles. The Kier molecular flexibility index (Phi) is 4.89. The van der Waals surface area contributed by atoms with Gasteiger partial charge in [0.05, 0.1) is 0 Å². The van der Waals surface area contributed by atoms with Crippen LogP contribution >= 0.6 is 0 Å². The SMILES string of the molecule is CC(=O)C(O)(C#CCCCO)c1ccccc1. The van der Waals surface area contributed by atoms with E-state index in [1.165, 1.54) is 6.92 Å². The number of hydrogen-bond acceptors (Lipinski definition) is 3. The van der Waals surface area contributed by atoms with Crippen molar-refractivity contribution in [2.75, 3.05) is 6.61 Å². The molecular formula is C14H16O3. The first kappa shape index (κ1) is 13.4. The fourth-order valence-electron chi connectivity index (χ4n) is 1.40. The zero-order valence-electron chi connectivity index (χ0n) is 9.81. The molecule has 1 rings (SSSR count). The minimum absolute atomic E-state index is 0.0541. The molecular weight excluding hydrogens is 216 g/mol. The lowest BCUT2D eigenvalue weighted by Gasteiger charge is -2.19. The van der Waals surface area contributed by atoms with E-state index in [1.807, 2.05) is 6.07 Å². The maximum atomic E-state index is 11.5. The lowest BCUT2D eigenvalue weighted by molar-refractivity contribution is -0.130. The van der Waals surface area contributed by atoms with Gasteiger partial charge in [-0.3, -0.25) is 4.79 Å². The maximum Gasteiger partial charge on any atom is 0.210 e. The van der Waals surface area contributed by atoms with Crippen LogP contribution < -0.4 is 0 Å². The summed E-state index contributed by atoms with van der Waals surface area (Å²) in [6.45, 7) is 1.37. The minimum Gasteiger partial charge on any atom is -0.396 e. The molecule has 0 bridgehead atoms. The number of Topliss-reactive ketones (excluding diaryl/α,β-unsaturated/α-hetero) is 1. The number of aliphatic hydroxyl groups is 2. The highest BCUT2D eigenvalue weighted by atomic mass is 16.3. The molecule has 0 radical (unpaired) electrons. The van der Waals surface area contributed by atoms with Gasteiger partial charge in [0.25, 0.3) is 0 Å². The van der Waals surface area contributed by atoms with Gasteiger partial charge < -0.3 is 10.2 Å². The average molecular weight is 232 g/mol. The number of rotatable bonds is 4. The monoisotopic (exact) mass is 232 g/mol. The van der Waals surface area contributed by atoms with Crippen molar-refractivity contribution in [3.05, 3.63) is 35.9 Å². The van der Waals surface area contributed by atoms with E-state index in [2.05, 4.69) is 11.8 Å². The van der Waals surface area contributed by atoms with Crippen LogP contribution in [0, 0.1) is 11.8 Å². The van der Waals surface area contributed by atoms with Crippen molar-refractivity contribution in [1.29, 1.82) is 0 Å². The lowest BCUT2D eigenvalue weighted by atomic mass is 9.90. The van der Waals surface area contributed by atoms with Gasteiger partial charge in [-0.15, -0.1) is 0 Å². The molecule has 0 amide bonds. The fraction of sp³-hybridized carbons (Fsp3) is 0.357. The molecule has 0 saturated carbocycles. The number of unbranched alkanes of at least 4 members (excludes halogenated alkanes) is 1. The topological polar surface area (TPSA) is 57.5 Å². The molecule has 1 aromatic rings. The number of hydrogen-bond donors (Lipinski definition) is 2. The van der Waals surface area contributed by atoms with E-state index in [-0.39, 0.29) is 6.61 Å². The Bertz CT molecular complexity index is 428. The highest BCUT2D eigenvalue weighted by molar-refractivity contribution is 5.89. The van der Waals surface area contributed by atoms with Crippen LogP contribution in [0.4, 0.5) is 0 Å². The highest BCUT2D eigenvalue weighted by Gasteiger charge is 2.32. The first-order valence-corrected chi connectivity index (χ1v) is 5.51. The molecule has 3 heteroatoms. The van der Waals surface area contributed by atoms with Gasteiger partial charge >= 0.3 is 0 Å². The van der Waals surface area contributed by atoms with Crippen molar-refractivity contribution in [2.45, 2.75) is 25.4 Å². The smallest absolute Gasteiger partial charge is 0.210 e. The van der Waals surface area contributed by atoms with Crippen molar-refractivity contribution in [3.8, 4) is 11.8 Å². The molecule has 0 heterocycles. The van der Waals surface area contributed by atoms with E-state index in [0.29, 0.717) is 18.4 Å². The van der Waals surface area contributed by atoms with Crippen LogP contribution in [-0.2, 0) is 10.4 Å². The zero-order chi connectivity index (χ0) is 12.7. The van der Waals surface area contributed by atoms with Gasteiger partial charge in [0.2, 0.25) is 5.60 Å². The standard InChI is InChI=1S/C14H16O3/c1-12(16)14(17,10-6-3-7-11-15)13-8-4-2-5-9-13/h2,4-5,8-9,15,17H,3,7,11H2,1H3. The maximum absolute atomic E-state index is 11.5. The first-order chi connectivity index (χ1) is 8.11. The number of carbonyl (C=O) groups excluding carboxylic acids is 1. The number of carbonyl (C=O) groups is 1. The predicted octanol–water partition coefficient (Wildman–Crippen LogP) is 1.24. The first-order valence-electron chi connectivity index (χ1n) is 5.51. The average Bonchev–Trinajstić information content (AvgIpc) is 2.35. The summed E-state index contributed by atoms with van der Waals surface area (Å²) in [5.74, 6) is 4.91. The molecule has 0 saturated heterocycles. The predicted molar refractivity (Wildman–Crippen MR) is 65.1 cm³/mol. The van der Waals surface area contributed by atoms with Crippen LogP contribution in [0.2, 0.25) is 0 Å². The molecule has 3 nitrogen and oxygen atoms in total. The van der Waals surface area contributed by atoms with Gasteiger partial charge in [-0.1, -0.05) is 42.2 Å². The summed E-state index contributed by atoms with van der Waals surface area (Å²) < 4.78 is 0. The largest absolute Gasteiger partial charge is 0.396 e. The van der Waals surface area contributed by atoms with Crippen molar-refractivity contribution < 1.29 is 15.0 Å². The summed E-state index contributed by atoms with van der Waals surface area (Å²) in [6, 6.07) is 8.64. The molecule has 0 aliphatic carbocycles. The third kappa shape index (κ3) is 3.42. The Morgan fingerprint density at radius 3 is 2.53 bits per heavy atom. The minimum atomic E-state index is -1.74. The van der Waals surface area contributed by atoms with Crippen molar-refractivity contribution in [2.24, 2.45) is 0 Å². The van der Waals surface area contributed by atoms with E-state index in [9.17, 15) is 9.90 Å². The molecule has 1 aromatic carbocycles. The Labute approximate surface area is 101 Å². The fourth-order valence-corrected chi connectivity index (χ4v) is 1.40. The van der Waals surface area contributed by atoms with Crippen molar-refractivity contribution in [3.63, 3.8) is 0 Å². The van der Waals surface area contributed by atoms with Crippen LogP contribution in [-0.4, -0.2) is 22.6 Å². The Hall–Kier alpha value is -1.63. The third-order valence-corrected chi connectivity index (χ3v) is 2.43. The van der Waals surface area contributed by atoms with E-state index < -0.39 is 11.4 Å². The van der Waals surface area contributed by atoms with Gasteiger partial charge in [-0.2, -0.15) is 0 Å². The molecule has 0 spiro atoms. The molecule has 90 valence electrons. The third-order valence-electron chi connectivity index (χ3n) is 2.43. The van der Waals surface area contributed by atoms with Gasteiger partial charge in [-0.25, -0.2) is 0 Å². The molecule has 0 aliphatic rings. The van der Waals surface area contributed by atoms with E-state index in [0.717, 1.165) is 0 Å². The highest BCUT2D eigenvalue weighted by Crippen LogP contribution is 2.21. The normalized spacial score (nSPS) is 13.4. The summed E-state index contributed by atoms with van der Waals surface area (Å²) in [5.41, 5.74) is -1.26. The van der Waals surface area contributed by atoms with Crippen LogP contribution in [0.25, 0.3) is 0 Å². The Balaban J connectivity index is 2.97. The van der Waals surface area contributed by atoms with E-state index >= 15 is 0 Å². The number of aliphatic hydroxyl groups excluding tert-OH is 1. The Morgan fingerprint density at radius 1 is 1.35 bits per heavy atom. The van der Waals surface area contributed by atoms with Gasteiger partial charge in [0.1, 0.15) is 0 Å². The molecule has 0 aromatic heterocycles. The van der Waals surface area contributed by atoms with Gasteiger partial charge in [0, 0.05) is 18.6 Å².